The number of non-ortho nitro benzene ring substituents is 1. The number of thioether (sulfide) groups is 1. The highest BCUT2D eigenvalue weighted by Crippen LogP contribution is 2.38. The van der Waals surface area contributed by atoms with Crippen LogP contribution in [0.15, 0.2) is 82.4 Å². The summed E-state index contributed by atoms with van der Waals surface area (Å²) in [7, 11) is 0. The Kier molecular flexibility index (Phi) is 6.49. The van der Waals surface area contributed by atoms with Gasteiger partial charge in [-0.15, -0.1) is 20.4 Å². The van der Waals surface area contributed by atoms with Crippen LogP contribution in [0.5, 0.6) is 0 Å². The average Bonchev–Trinajstić information content (AvgIpc) is 3.53. The smallest absolute Gasteiger partial charge is 0.269 e. The van der Waals surface area contributed by atoms with E-state index in [1.165, 1.54) is 42.1 Å². The number of nitro benzene ring substituents is 1. The van der Waals surface area contributed by atoms with Crippen molar-refractivity contribution in [3.63, 3.8) is 0 Å². The van der Waals surface area contributed by atoms with Crippen LogP contribution in [0.4, 0.5) is 10.1 Å². The van der Waals surface area contributed by atoms with Gasteiger partial charge in [-0.1, -0.05) is 47.6 Å². The molecule has 0 aliphatic heterocycles. The van der Waals surface area contributed by atoms with Gasteiger partial charge < -0.3 is 4.42 Å². The first kappa shape index (κ1) is 23.6. The third-order valence-corrected chi connectivity index (χ3v) is 6.60. The molecule has 0 bridgehead atoms. The molecule has 3 aromatic carbocycles. The van der Waals surface area contributed by atoms with Gasteiger partial charge in [-0.3, -0.25) is 14.7 Å². The van der Waals surface area contributed by atoms with Crippen LogP contribution in [0.1, 0.15) is 18.1 Å². The van der Waals surface area contributed by atoms with Crippen LogP contribution in [0.25, 0.3) is 28.5 Å². The van der Waals surface area contributed by atoms with E-state index in [0.29, 0.717) is 33.0 Å². The summed E-state index contributed by atoms with van der Waals surface area (Å²) in [5.74, 6) is 0.464. The van der Waals surface area contributed by atoms with Gasteiger partial charge in [0.2, 0.25) is 11.8 Å². The summed E-state index contributed by atoms with van der Waals surface area (Å²) in [4.78, 5) is 10.4. The van der Waals surface area contributed by atoms with Crippen LogP contribution in [0, 0.1) is 15.9 Å². The maximum atomic E-state index is 14.9. The molecule has 0 unspecified atom stereocenters. The van der Waals surface area contributed by atoms with Crippen molar-refractivity contribution in [3.05, 3.63) is 99.6 Å². The third kappa shape index (κ3) is 4.58. The Morgan fingerprint density at radius 2 is 1.72 bits per heavy atom. The van der Waals surface area contributed by atoms with E-state index in [1.807, 2.05) is 13.0 Å². The van der Waals surface area contributed by atoms with Gasteiger partial charge in [0, 0.05) is 23.3 Å². The average molecular weight is 523 g/mol. The molecule has 0 aliphatic rings. The molecule has 0 amide bonds. The Balaban J connectivity index is 1.48. The van der Waals surface area contributed by atoms with Gasteiger partial charge in [0.25, 0.3) is 5.69 Å². The minimum atomic E-state index is -0.482. The molecule has 0 saturated heterocycles. The summed E-state index contributed by atoms with van der Waals surface area (Å²) < 4.78 is 22.3. The Hall–Kier alpha value is -4.09. The maximum absolute atomic E-state index is 14.9. The Bertz CT molecular complexity index is 1560. The predicted molar refractivity (Wildman–Crippen MR) is 132 cm³/mol. The predicted octanol–water partition coefficient (Wildman–Crippen LogP) is 6.54. The summed E-state index contributed by atoms with van der Waals surface area (Å²) in [6, 6.07) is 19.3. The number of nitrogens with zero attached hydrogens (tertiary/aromatic N) is 6. The molecular weight excluding hydrogens is 507 g/mol. The lowest BCUT2D eigenvalue weighted by Crippen LogP contribution is -2.03. The van der Waals surface area contributed by atoms with E-state index in [9.17, 15) is 14.5 Å². The minimum absolute atomic E-state index is 0.0378. The topological polar surface area (TPSA) is 113 Å². The van der Waals surface area contributed by atoms with Gasteiger partial charge in [0.1, 0.15) is 5.82 Å². The van der Waals surface area contributed by atoms with Gasteiger partial charge in [-0.05, 0) is 43.3 Å². The lowest BCUT2D eigenvalue weighted by atomic mass is 10.2. The lowest BCUT2D eigenvalue weighted by molar-refractivity contribution is -0.384. The number of hydrogen-bond acceptors (Lipinski definition) is 8. The number of benzene rings is 3. The maximum Gasteiger partial charge on any atom is 0.269 e. The van der Waals surface area contributed by atoms with Crippen molar-refractivity contribution in [1.29, 1.82) is 0 Å². The fourth-order valence-electron chi connectivity index (χ4n) is 3.46. The van der Waals surface area contributed by atoms with Crippen molar-refractivity contribution in [2.45, 2.75) is 17.3 Å². The summed E-state index contributed by atoms with van der Waals surface area (Å²) in [6.07, 6.45) is 0. The highest BCUT2D eigenvalue weighted by Gasteiger charge is 2.24. The second-order valence-corrected chi connectivity index (χ2v) is 9.30. The molecule has 9 nitrogen and oxygen atoms in total. The van der Waals surface area contributed by atoms with Crippen LogP contribution < -0.4 is 0 Å². The molecule has 180 valence electrons. The van der Waals surface area contributed by atoms with Gasteiger partial charge >= 0.3 is 0 Å². The fraction of sp³-hybridized carbons (Fsp3) is 0.0833. The zero-order valence-electron chi connectivity index (χ0n) is 18.6. The van der Waals surface area contributed by atoms with Gasteiger partial charge in [0.05, 0.1) is 20.9 Å². The van der Waals surface area contributed by atoms with E-state index in [4.69, 9.17) is 16.0 Å². The first-order valence-corrected chi connectivity index (χ1v) is 11.9. The van der Waals surface area contributed by atoms with Crippen LogP contribution >= 0.6 is 23.4 Å². The standard InChI is InChI=1S/C24H16ClFN6O3S/c1-14(22-28-29-23(35-22)15-10-12-16(13-11-15)32(33)34)36-24-30-27-21(17-6-2-3-7-18(17)25)31(24)20-9-5-4-8-19(20)26/h2-14H,1H3/t14-/m0/s1. The monoisotopic (exact) mass is 522 g/mol. The molecule has 0 saturated carbocycles. The van der Waals surface area contributed by atoms with E-state index < -0.39 is 10.7 Å². The van der Waals surface area contributed by atoms with E-state index in [-0.39, 0.29) is 22.5 Å². The summed E-state index contributed by atoms with van der Waals surface area (Å²) >= 11 is 7.66. The van der Waals surface area contributed by atoms with Gasteiger partial charge in [-0.2, -0.15) is 0 Å². The second kappa shape index (κ2) is 9.88. The van der Waals surface area contributed by atoms with Crippen molar-refractivity contribution in [3.8, 4) is 28.5 Å². The van der Waals surface area contributed by atoms with Crippen molar-refractivity contribution < 1.29 is 13.7 Å². The Morgan fingerprint density at radius 1 is 1.00 bits per heavy atom. The van der Waals surface area contributed by atoms with Crippen molar-refractivity contribution in [1.82, 2.24) is 25.0 Å². The highest BCUT2D eigenvalue weighted by molar-refractivity contribution is 7.99. The molecule has 2 heterocycles. The first-order valence-electron chi connectivity index (χ1n) is 10.6. The molecule has 0 aliphatic carbocycles. The van der Waals surface area contributed by atoms with Crippen molar-refractivity contribution in [2.75, 3.05) is 0 Å². The molecule has 36 heavy (non-hydrogen) atoms. The lowest BCUT2D eigenvalue weighted by Gasteiger charge is -2.13. The summed E-state index contributed by atoms with van der Waals surface area (Å²) in [5.41, 5.74) is 1.38. The summed E-state index contributed by atoms with van der Waals surface area (Å²) in [6.45, 7) is 1.84. The van der Waals surface area contributed by atoms with E-state index >= 15 is 0 Å². The number of halogens is 2. The van der Waals surface area contributed by atoms with E-state index in [0.717, 1.165) is 0 Å². The number of nitro groups is 1. The molecule has 1 atom stereocenters. The molecule has 0 N–H and O–H groups in total. The number of aromatic nitrogens is 5. The molecular formula is C24H16ClFN6O3S. The second-order valence-electron chi connectivity index (χ2n) is 7.58. The number of rotatable bonds is 7. The first-order chi connectivity index (χ1) is 17.4. The zero-order valence-corrected chi connectivity index (χ0v) is 20.2. The molecule has 0 spiro atoms. The van der Waals surface area contributed by atoms with Crippen LogP contribution in [0.3, 0.4) is 0 Å². The Morgan fingerprint density at radius 3 is 2.44 bits per heavy atom. The number of para-hydroxylation sites is 1. The van der Waals surface area contributed by atoms with Crippen LogP contribution in [-0.2, 0) is 0 Å². The Labute approximate surface area is 213 Å². The minimum Gasteiger partial charge on any atom is -0.419 e. The quantitative estimate of drug-likeness (QED) is 0.134. The molecule has 12 heteroatoms. The third-order valence-electron chi connectivity index (χ3n) is 5.24. The van der Waals surface area contributed by atoms with E-state index in [2.05, 4.69) is 20.4 Å². The SMILES string of the molecule is C[C@H](Sc1nnc(-c2ccccc2Cl)n1-c1ccccc1F)c1nnc(-c2ccc([N+](=O)[O-])cc2)o1. The molecule has 5 rings (SSSR count). The molecule has 0 fully saturated rings. The van der Waals surface area contributed by atoms with Crippen molar-refractivity contribution in [2.24, 2.45) is 0 Å². The number of hydrogen-bond donors (Lipinski definition) is 0. The largest absolute Gasteiger partial charge is 0.419 e. The fourth-order valence-corrected chi connectivity index (χ4v) is 4.57. The van der Waals surface area contributed by atoms with Crippen LogP contribution in [0.2, 0.25) is 5.02 Å². The zero-order chi connectivity index (χ0) is 25.2. The molecule has 5 aromatic rings. The van der Waals surface area contributed by atoms with Gasteiger partial charge in [0.15, 0.2) is 11.0 Å². The van der Waals surface area contributed by atoms with Crippen molar-refractivity contribution >= 4 is 29.1 Å². The van der Waals surface area contributed by atoms with Gasteiger partial charge in [-0.25, -0.2) is 4.39 Å². The summed E-state index contributed by atoms with van der Waals surface area (Å²) in [5, 5.41) is 28.2. The van der Waals surface area contributed by atoms with E-state index in [1.54, 1.807) is 41.0 Å². The van der Waals surface area contributed by atoms with Crippen LogP contribution in [-0.4, -0.2) is 29.9 Å². The molecule has 0 radical (unpaired) electrons. The normalized spacial score (nSPS) is 12.0. The molecule has 2 aromatic heterocycles. The highest BCUT2D eigenvalue weighted by atomic mass is 35.5.